The summed E-state index contributed by atoms with van der Waals surface area (Å²) >= 11 is 0. The lowest BCUT2D eigenvalue weighted by Gasteiger charge is -2.32. The molecule has 0 unspecified atom stereocenters. The van der Waals surface area contributed by atoms with Gasteiger partial charge in [-0.15, -0.1) is 0 Å². The standard InChI is InChI=1S/C16H21BO4/c1-15(2)16(3,4)21-17(20-15)10-9-12-7-6-8-13(11-12)14(18)19-5/h6-11H,1-5H3. The molecule has 0 atom stereocenters. The molecule has 0 N–H and O–H groups in total. The summed E-state index contributed by atoms with van der Waals surface area (Å²) in [6.07, 6.45) is 1.88. The normalized spacial score (nSPS) is 20.0. The zero-order valence-electron chi connectivity index (χ0n) is 13.2. The molecule has 4 nitrogen and oxygen atoms in total. The van der Waals surface area contributed by atoms with E-state index in [0.717, 1.165) is 5.56 Å². The summed E-state index contributed by atoms with van der Waals surface area (Å²) in [6.45, 7) is 8.05. The van der Waals surface area contributed by atoms with Gasteiger partial charge in [-0.1, -0.05) is 24.2 Å². The minimum absolute atomic E-state index is 0.346. The van der Waals surface area contributed by atoms with E-state index >= 15 is 0 Å². The molecule has 1 aliphatic rings. The molecular weight excluding hydrogens is 267 g/mol. The molecule has 1 aromatic carbocycles. The van der Waals surface area contributed by atoms with Crippen molar-refractivity contribution in [2.75, 3.05) is 7.11 Å². The average molecular weight is 288 g/mol. The number of hydrogen-bond acceptors (Lipinski definition) is 4. The molecule has 0 bridgehead atoms. The van der Waals surface area contributed by atoms with Crippen LogP contribution in [0.3, 0.4) is 0 Å². The van der Waals surface area contributed by atoms with E-state index < -0.39 is 7.12 Å². The predicted octanol–water partition coefficient (Wildman–Crippen LogP) is 3.12. The van der Waals surface area contributed by atoms with E-state index in [2.05, 4.69) is 0 Å². The molecule has 0 radical (unpaired) electrons. The van der Waals surface area contributed by atoms with Crippen LogP contribution in [0.15, 0.2) is 30.2 Å². The molecule has 0 aliphatic carbocycles. The van der Waals surface area contributed by atoms with Gasteiger partial charge in [0, 0.05) is 0 Å². The minimum atomic E-state index is -0.392. The number of hydrogen-bond donors (Lipinski definition) is 0. The van der Waals surface area contributed by atoms with Crippen molar-refractivity contribution in [3.63, 3.8) is 0 Å². The molecule has 1 fully saturated rings. The van der Waals surface area contributed by atoms with Gasteiger partial charge < -0.3 is 14.0 Å². The van der Waals surface area contributed by atoms with Crippen molar-refractivity contribution >= 4 is 19.2 Å². The average Bonchev–Trinajstić information content (AvgIpc) is 2.64. The van der Waals surface area contributed by atoms with Gasteiger partial charge in [0.2, 0.25) is 0 Å². The molecule has 5 heteroatoms. The van der Waals surface area contributed by atoms with E-state index in [0.29, 0.717) is 5.56 Å². The Bertz CT molecular complexity index is 547. The Kier molecular flexibility index (Phi) is 4.26. The predicted molar refractivity (Wildman–Crippen MR) is 82.9 cm³/mol. The van der Waals surface area contributed by atoms with Crippen LogP contribution in [-0.2, 0) is 14.0 Å². The Morgan fingerprint density at radius 1 is 1.19 bits per heavy atom. The first-order chi connectivity index (χ1) is 9.75. The number of rotatable bonds is 3. The SMILES string of the molecule is COC(=O)c1cccc(C=CB2OC(C)(C)C(C)(C)O2)c1. The molecule has 0 spiro atoms. The van der Waals surface area contributed by atoms with Gasteiger partial charge in [0.05, 0.1) is 23.9 Å². The first kappa shape index (κ1) is 15.8. The Hall–Kier alpha value is -1.59. The number of methoxy groups -OCH3 is 1. The molecule has 1 heterocycles. The highest BCUT2D eigenvalue weighted by Crippen LogP contribution is 2.37. The van der Waals surface area contributed by atoms with Crippen molar-refractivity contribution in [2.24, 2.45) is 0 Å². The number of carbonyl (C=O) groups excluding carboxylic acids is 1. The highest BCUT2D eigenvalue weighted by atomic mass is 16.7. The van der Waals surface area contributed by atoms with E-state index in [9.17, 15) is 4.79 Å². The number of esters is 1. The first-order valence-electron chi connectivity index (χ1n) is 6.97. The lowest BCUT2D eigenvalue weighted by molar-refractivity contribution is 0.00578. The van der Waals surface area contributed by atoms with Crippen molar-refractivity contribution in [1.29, 1.82) is 0 Å². The van der Waals surface area contributed by atoms with Gasteiger partial charge in [-0.2, -0.15) is 0 Å². The summed E-state index contributed by atoms with van der Waals surface area (Å²) in [4.78, 5) is 11.5. The molecule has 112 valence electrons. The highest BCUT2D eigenvalue weighted by Gasteiger charge is 2.49. The fraction of sp³-hybridized carbons (Fsp3) is 0.438. The molecule has 1 aromatic rings. The minimum Gasteiger partial charge on any atom is -0.465 e. The molecule has 1 aliphatic heterocycles. The molecule has 21 heavy (non-hydrogen) atoms. The van der Waals surface area contributed by atoms with Crippen LogP contribution in [0.1, 0.15) is 43.6 Å². The van der Waals surface area contributed by atoms with E-state index in [1.54, 1.807) is 12.1 Å². The van der Waals surface area contributed by atoms with Gasteiger partial charge in [0.1, 0.15) is 0 Å². The van der Waals surface area contributed by atoms with Crippen LogP contribution >= 0.6 is 0 Å². The molecule has 1 saturated heterocycles. The van der Waals surface area contributed by atoms with Crippen LogP contribution in [0, 0.1) is 0 Å². The van der Waals surface area contributed by atoms with E-state index in [1.165, 1.54) is 7.11 Å². The van der Waals surface area contributed by atoms with Crippen LogP contribution < -0.4 is 0 Å². The summed E-state index contributed by atoms with van der Waals surface area (Å²) in [6, 6.07) is 7.22. The quantitative estimate of drug-likeness (QED) is 0.633. The first-order valence-corrected chi connectivity index (χ1v) is 6.97. The van der Waals surface area contributed by atoms with Gasteiger partial charge in [-0.3, -0.25) is 0 Å². The fourth-order valence-electron chi connectivity index (χ4n) is 2.04. The van der Waals surface area contributed by atoms with Crippen LogP contribution in [0.5, 0.6) is 0 Å². The molecule has 0 amide bonds. The van der Waals surface area contributed by atoms with Crippen molar-refractivity contribution < 1.29 is 18.8 Å². The lowest BCUT2D eigenvalue weighted by atomic mass is 9.89. The van der Waals surface area contributed by atoms with Crippen molar-refractivity contribution in [3.8, 4) is 0 Å². The number of ether oxygens (including phenoxy) is 1. The summed E-state index contributed by atoms with van der Waals surface area (Å²) in [5.74, 6) is 1.51. The number of benzene rings is 1. The maximum absolute atomic E-state index is 11.5. The lowest BCUT2D eigenvalue weighted by Crippen LogP contribution is -2.41. The Labute approximate surface area is 126 Å². The third kappa shape index (κ3) is 3.36. The van der Waals surface area contributed by atoms with Gasteiger partial charge in [0.25, 0.3) is 0 Å². The zero-order chi connectivity index (χ0) is 15.7. The van der Waals surface area contributed by atoms with Gasteiger partial charge in [-0.05, 0) is 45.4 Å². The van der Waals surface area contributed by atoms with Gasteiger partial charge in [-0.25, -0.2) is 4.79 Å². The molecule has 0 aromatic heterocycles. The van der Waals surface area contributed by atoms with Crippen LogP contribution in [0.4, 0.5) is 0 Å². The fourth-order valence-corrected chi connectivity index (χ4v) is 2.04. The van der Waals surface area contributed by atoms with E-state index in [-0.39, 0.29) is 17.2 Å². The van der Waals surface area contributed by atoms with Crippen molar-refractivity contribution in [3.05, 3.63) is 41.4 Å². The maximum Gasteiger partial charge on any atom is 0.487 e. The highest BCUT2D eigenvalue weighted by molar-refractivity contribution is 6.52. The molecular formula is C16H21BO4. The molecule has 2 rings (SSSR count). The second kappa shape index (κ2) is 5.66. The van der Waals surface area contributed by atoms with Gasteiger partial charge in [0.15, 0.2) is 0 Å². The Balaban J connectivity index is 2.11. The van der Waals surface area contributed by atoms with Gasteiger partial charge >= 0.3 is 13.1 Å². The summed E-state index contributed by atoms with van der Waals surface area (Å²) in [5, 5.41) is 0. The number of carbonyl (C=O) groups is 1. The Morgan fingerprint density at radius 2 is 1.81 bits per heavy atom. The smallest absolute Gasteiger partial charge is 0.465 e. The van der Waals surface area contributed by atoms with Crippen molar-refractivity contribution in [2.45, 2.75) is 38.9 Å². The van der Waals surface area contributed by atoms with Crippen LogP contribution in [0.2, 0.25) is 0 Å². The third-order valence-corrected chi connectivity index (χ3v) is 4.03. The summed E-state index contributed by atoms with van der Waals surface area (Å²) in [5.41, 5.74) is 0.715. The summed E-state index contributed by atoms with van der Waals surface area (Å²) in [7, 11) is 0.978. The van der Waals surface area contributed by atoms with Crippen LogP contribution in [-0.4, -0.2) is 31.4 Å². The van der Waals surface area contributed by atoms with Crippen LogP contribution in [0.25, 0.3) is 6.08 Å². The zero-order valence-corrected chi connectivity index (χ0v) is 13.2. The Morgan fingerprint density at radius 3 is 2.38 bits per heavy atom. The largest absolute Gasteiger partial charge is 0.487 e. The van der Waals surface area contributed by atoms with E-state index in [1.807, 2.05) is 51.9 Å². The van der Waals surface area contributed by atoms with E-state index in [4.69, 9.17) is 14.0 Å². The maximum atomic E-state index is 11.5. The van der Waals surface area contributed by atoms with Crippen molar-refractivity contribution in [1.82, 2.24) is 0 Å². The summed E-state index contributed by atoms with van der Waals surface area (Å²) < 4.78 is 16.5. The topological polar surface area (TPSA) is 44.8 Å². The second-order valence-electron chi connectivity index (χ2n) is 6.10. The monoisotopic (exact) mass is 288 g/mol. The third-order valence-electron chi connectivity index (χ3n) is 4.03. The second-order valence-corrected chi connectivity index (χ2v) is 6.10. The molecule has 0 saturated carbocycles.